The number of carbonyl (C=O) groups excluding carboxylic acids is 2. The Morgan fingerprint density at radius 3 is 2.40 bits per heavy atom. The van der Waals surface area contributed by atoms with Gasteiger partial charge in [-0.05, 0) is 82.8 Å². The standard InChI is InChI=1S/C28H33F5N4O3/c1-26(25(34)39)10-3-11-37(26)24(38)21-6-4-19(14-22(21)29)23-7-5-20(15-35-23)40-16-18-8-12-36(13-9-18)17-27(2,30)28(31,32)33/h4-7,14-15,18H,3,8-13,16-17H2,1-2H3,(H2,34,39). The molecule has 2 N–H and O–H groups in total. The van der Waals surface area contributed by atoms with Crippen LogP contribution in [0.3, 0.4) is 0 Å². The van der Waals surface area contributed by atoms with E-state index in [0.29, 0.717) is 75.9 Å². The summed E-state index contributed by atoms with van der Waals surface area (Å²) < 4.78 is 73.2. The van der Waals surface area contributed by atoms with Gasteiger partial charge in [0.25, 0.3) is 5.91 Å². The lowest BCUT2D eigenvalue weighted by molar-refractivity contribution is -0.229. The maximum atomic E-state index is 15.0. The maximum Gasteiger partial charge on any atom is 0.423 e. The first-order valence-corrected chi connectivity index (χ1v) is 13.2. The Morgan fingerprint density at radius 1 is 1.12 bits per heavy atom. The number of alkyl halides is 4. The number of primary amides is 1. The van der Waals surface area contributed by atoms with E-state index >= 15 is 0 Å². The van der Waals surface area contributed by atoms with Crippen LogP contribution < -0.4 is 10.5 Å². The van der Waals surface area contributed by atoms with Gasteiger partial charge in [-0.15, -0.1) is 0 Å². The zero-order valence-electron chi connectivity index (χ0n) is 22.4. The number of hydrogen-bond donors (Lipinski definition) is 1. The van der Waals surface area contributed by atoms with Crippen LogP contribution in [-0.2, 0) is 4.79 Å². The zero-order chi connectivity index (χ0) is 29.3. The highest BCUT2D eigenvalue weighted by Gasteiger charge is 2.53. The molecule has 1 aromatic heterocycles. The second kappa shape index (κ2) is 11.3. The number of nitrogens with zero attached hydrogens (tertiary/aromatic N) is 3. The molecule has 1 aromatic carbocycles. The normalized spacial score (nSPS) is 22.2. The third kappa shape index (κ3) is 6.21. The summed E-state index contributed by atoms with van der Waals surface area (Å²) in [6, 6.07) is 7.48. The minimum Gasteiger partial charge on any atom is -0.492 e. The highest BCUT2D eigenvalue weighted by atomic mass is 19.4. The molecule has 4 rings (SSSR count). The van der Waals surface area contributed by atoms with Gasteiger partial charge in [0.15, 0.2) is 0 Å². The van der Waals surface area contributed by atoms with Gasteiger partial charge >= 0.3 is 6.18 Å². The average Bonchev–Trinajstić information content (AvgIpc) is 3.30. The molecule has 218 valence electrons. The van der Waals surface area contributed by atoms with Crippen molar-refractivity contribution in [2.24, 2.45) is 11.7 Å². The molecular formula is C28H33F5N4O3. The molecule has 2 atom stereocenters. The summed E-state index contributed by atoms with van der Waals surface area (Å²) in [5, 5.41) is 0. The Balaban J connectivity index is 1.31. The Morgan fingerprint density at radius 2 is 1.82 bits per heavy atom. The number of ether oxygens (including phenoxy) is 1. The number of pyridine rings is 1. The van der Waals surface area contributed by atoms with Crippen molar-refractivity contribution in [1.82, 2.24) is 14.8 Å². The van der Waals surface area contributed by atoms with Crippen molar-refractivity contribution in [1.29, 1.82) is 0 Å². The molecule has 12 heteroatoms. The van der Waals surface area contributed by atoms with Gasteiger partial charge in [0.05, 0.1) is 24.1 Å². The van der Waals surface area contributed by atoms with Crippen LogP contribution in [0.25, 0.3) is 11.3 Å². The molecule has 0 spiro atoms. The number of aromatic nitrogens is 1. The SMILES string of the molecule is CC1(C(N)=O)CCCN1C(=O)c1ccc(-c2ccc(OCC3CCN(CC(C)(F)C(F)(F)F)CC3)cn2)cc1F. The minimum atomic E-state index is -4.90. The molecule has 40 heavy (non-hydrogen) atoms. The van der Waals surface area contributed by atoms with E-state index in [1.807, 2.05) is 0 Å². The lowest BCUT2D eigenvalue weighted by Crippen LogP contribution is -2.54. The topological polar surface area (TPSA) is 88.8 Å². The summed E-state index contributed by atoms with van der Waals surface area (Å²) in [4.78, 5) is 32.0. The van der Waals surface area contributed by atoms with Crippen LogP contribution in [0.1, 0.15) is 49.9 Å². The number of halogens is 5. The van der Waals surface area contributed by atoms with E-state index in [-0.39, 0.29) is 11.5 Å². The van der Waals surface area contributed by atoms with Crippen LogP contribution in [0.2, 0.25) is 0 Å². The summed E-state index contributed by atoms with van der Waals surface area (Å²) in [5.74, 6) is -1.37. The third-order valence-corrected chi connectivity index (χ3v) is 7.95. The Kier molecular flexibility index (Phi) is 8.39. The molecule has 2 fully saturated rings. The predicted molar refractivity (Wildman–Crippen MR) is 138 cm³/mol. The molecule has 2 aromatic rings. The van der Waals surface area contributed by atoms with Crippen molar-refractivity contribution in [3.63, 3.8) is 0 Å². The first kappa shape index (κ1) is 29.7. The smallest absolute Gasteiger partial charge is 0.423 e. The maximum absolute atomic E-state index is 15.0. The van der Waals surface area contributed by atoms with E-state index in [4.69, 9.17) is 10.5 Å². The number of hydrogen-bond acceptors (Lipinski definition) is 5. The van der Waals surface area contributed by atoms with Gasteiger partial charge in [0.1, 0.15) is 17.1 Å². The number of piperidine rings is 1. The third-order valence-electron chi connectivity index (χ3n) is 7.95. The van der Waals surface area contributed by atoms with Crippen molar-refractivity contribution in [2.45, 2.75) is 56.9 Å². The predicted octanol–water partition coefficient (Wildman–Crippen LogP) is 4.75. The molecule has 2 amide bonds. The Labute approximate surface area is 229 Å². The Hall–Kier alpha value is -3.28. The van der Waals surface area contributed by atoms with Crippen LogP contribution in [0, 0.1) is 11.7 Å². The molecule has 7 nitrogen and oxygen atoms in total. The molecule has 0 aliphatic carbocycles. The van der Waals surface area contributed by atoms with Crippen LogP contribution in [0.5, 0.6) is 5.75 Å². The number of carbonyl (C=O) groups is 2. The van der Waals surface area contributed by atoms with E-state index in [1.54, 1.807) is 25.1 Å². The number of amides is 2. The van der Waals surface area contributed by atoms with E-state index in [0.717, 1.165) is 0 Å². The molecule has 0 radical (unpaired) electrons. The number of rotatable bonds is 8. The van der Waals surface area contributed by atoms with Gasteiger partial charge in [0.2, 0.25) is 11.6 Å². The monoisotopic (exact) mass is 568 g/mol. The summed E-state index contributed by atoms with van der Waals surface area (Å²) in [5.41, 5.74) is 1.85. The average molecular weight is 569 g/mol. The van der Waals surface area contributed by atoms with Gasteiger partial charge in [-0.2, -0.15) is 13.2 Å². The van der Waals surface area contributed by atoms with Crippen molar-refractivity contribution in [3.05, 3.63) is 47.9 Å². The fourth-order valence-electron chi connectivity index (χ4n) is 5.21. The lowest BCUT2D eigenvalue weighted by atomic mass is 9.96. The minimum absolute atomic E-state index is 0.110. The summed E-state index contributed by atoms with van der Waals surface area (Å²) >= 11 is 0. The van der Waals surface area contributed by atoms with E-state index < -0.39 is 41.6 Å². The number of likely N-dealkylation sites (tertiary alicyclic amines) is 2. The second-order valence-electron chi connectivity index (χ2n) is 11.0. The second-order valence-corrected chi connectivity index (χ2v) is 11.0. The highest BCUT2D eigenvalue weighted by Crippen LogP contribution is 2.35. The van der Waals surface area contributed by atoms with Crippen molar-refractivity contribution in [2.75, 3.05) is 32.8 Å². The summed E-state index contributed by atoms with van der Waals surface area (Å²) in [7, 11) is 0. The fraction of sp³-hybridized carbons (Fsp3) is 0.536. The van der Waals surface area contributed by atoms with Gasteiger partial charge in [-0.1, -0.05) is 6.07 Å². The molecule has 0 bridgehead atoms. The molecule has 2 aliphatic rings. The first-order chi connectivity index (χ1) is 18.7. The quantitative estimate of drug-likeness (QED) is 0.465. The van der Waals surface area contributed by atoms with Crippen LogP contribution >= 0.6 is 0 Å². The van der Waals surface area contributed by atoms with Crippen molar-refractivity contribution >= 4 is 11.8 Å². The molecule has 3 heterocycles. The summed E-state index contributed by atoms with van der Waals surface area (Å²) in [6.45, 7) is 2.83. The molecule has 2 aliphatic heterocycles. The fourth-order valence-corrected chi connectivity index (χ4v) is 5.21. The van der Waals surface area contributed by atoms with E-state index in [9.17, 15) is 31.5 Å². The van der Waals surface area contributed by atoms with Gasteiger partial charge < -0.3 is 15.4 Å². The Bertz CT molecular complexity index is 1230. The lowest BCUT2D eigenvalue weighted by Gasteiger charge is -2.36. The van der Waals surface area contributed by atoms with Crippen molar-refractivity contribution < 1.29 is 36.3 Å². The molecule has 2 unspecified atom stereocenters. The van der Waals surface area contributed by atoms with Gasteiger partial charge in [-0.25, -0.2) is 8.78 Å². The molecule has 0 saturated carbocycles. The number of benzene rings is 1. The van der Waals surface area contributed by atoms with E-state index in [2.05, 4.69) is 4.98 Å². The highest BCUT2D eigenvalue weighted by molar-refractivity contribution is 5.99. The van der Waals surface area contributed by atoms with Crippen LogP contribution in [0.4, 0.5) is 22.0 Å². The molecular weight excluding hydrogens is 535 g/mol. The zero-order valence-corrected chi connectivity index (χ0v) is 22.4. The van der Waals surface area contributed by atoms with Gasteiger partial charge in [-0.3, -0.25) is 19.5 Å². The molecule has 2 saturated heterocycles. The van der Waals surface area contributed by atoms with Crippen LogP contribution in [0.15, 0.2) is 36.5 Å². The van der Waals surface area contributed by atoms with Crippen LogP contribution in [-0.4, -0.2) is 76.8 Å². The number of nitrogens with two attached hydrogens (primary N) is 1. The van der Waals surface area contributed by atoms with Gasteiger partial charge in [0, 0.05) is 18.7 Å². The first-order valence-electron chi connectivity index (χ1n) is 13.2. The van der Waals surface area contributed by atoms with E-state index in [1.165, 1.54) is 28.1 Å². The summed E-state index contributed by atoms with van der Waals surface area (Å²) in [6.07, 6.45) is -1.23. The largest absolute Gasteiger partial charge is 0.492 e. The van der Waals surface area contributed by atoms with Crippen molar-refractivity contribution in [3.8, 4) is 17.0 Å².